The first-order chi connectivity index (χ1) is 6.56. The van der Waals surface area contributed by atoms with Crippen LogP contribution in [0, 0.1) is 0 Å². The highest BCUT2D eigenvalue weighted by atomic mass is 35.5. The van der Waals surface area contributed by atoms with Gasteiger partial charge in [-0.15, -0.1) is 0 Å². The Labute approximate surface area is 88.5 Å². The van der Waals surface area contributed by atoms with E-state index in [1.165, 1.54) is 0 Å². The summed E-state index contributed by atoms with van der Waals surface area (Å²) in [5, 5.41) is 0. The van der Waals surface area contributed by atoms with E-state index in [9.17, 15) is 9.59 Å². The van der Waals surface area contributed by atoms with E-state index < -0.39 is 5.43 Å². The fourth-order valence-electron chi connectivity index (χ4n) is 0.832. The highest BCUT2D eigenvalue weighted by Gasteiger charge is 2.08. The van der Waals surface area contributed by atoms with Crippen molar-refractivity contribution in [1.29, 1.82) is 0 Å². The summed E-state index contributed by atoms with van der Waals surface area (Å²) in [5.41, 5.74) is -0.836. The molecule has 4 nitrogen and oxygen atoms in total. The fourth-order valence-corrected chi connectivity index (χ4v) is 0.984. The molecule has 0 unspecified atom stereocenters. The van der Waals surface area contributed by atoms with E-state index in [4.69, 9.17) is 16.3 Å². The van der Waals surface area contributed by atoms with E-state index in [1.807, 2.05) is 6.92 Å². The Balaban J connectivity index is 3.43. The van der Waals surface area contributed by atoms with Crippen molar-refractivity contribution in [2.75, 3.05) is 6.61 Å². The van der Waals surface area contributed by atoms with Crippen LogP contribution in [-0.2, 0) is 14.3 Å². The molecule has 0 spiro atoms. The van der Waals surface area contributed by atoms with Gasteiger partial charge in [0.25, 0.3) is 0 Å². The molecule has 0 heterocycles. The minimum atomic E-state index is -0.836. The molecule has 0 amide bonds. The number of hydrogen-bond donors (Lipinski definition) is 0. The summed E-state index contributed by atoms with van der Waals surface area (Å²) in [4.78, 5) is 21.2. The van der Waals surface area contributed by atoms with E-state index in [0.717, 1.165) is 6.42 Å². The lowest BCUT2D eigenvalue weighted by molar-refractivity contribution is -0.144. The summed E-state index contributed by atoms with van der Waals surface area (Å²) >= 11 is 4.99. The Morgan fingerprint density at radius 3 is 2.57 bits per heavy atom. The smallest absolute Gasteiger partial charge is 0.404 e. The maximum Gasteiger partial charge on any atom is 0.404 e. The number of carbonyl (C=O) groups excluding carboxylic acids is 2. The molecule has 0 rings (SSSR count). The second-order valence-electron chi connectivity index (χ2n) is 2.93. The third-order valence-electron chi connectivity index (χ3n) is 1.54. The van der Waals surface area contributed by atoms with Crippen LogP contribution in [0.1, 0.15) is 33.1 Å². The molecular weight excluding hydrogens is 208 g/mol. The van der Waals surface area contributed by atoms with Crippen molar-refractivity contribution in [3.63, 3.8) is 0 Å². The molecule has 0 aliphatic rings. The zero-order valence-electron chi connectivity index (χ0n) is 8.42. The molecule has 0 saturated carbocycles. The standard InChI is InChI=1S/C9H15ClO4/c1-3-4-8(11)13-6-5-7(2)14-9(10)12/h7H,3-6H2,1-2H3/t7-/m1/s1. The van der Waals surface area contributed by atoms with E-state index >= 15 is 0 Å². The van der Waals surface area contributed by atoms with Gasteiger partial charge in [-0.1, -0.05) is 6.92 Å². The van der Waals surface area contributed by atoms with Gasteiger partial charge in [-0.05, 0) is 13.3 Å². The van der Waals surface area contributed by atoms with Crippen molar-refractivity contribution >= 4 is 23.0 Å². The lowest BCUT2D eigenvalue weighted by Gasteiger charge is -2.10. The van der Waals surface area contributed by atoms with Gasteiger partial charge >= 0.3 is 11.4 Å². The molecule has 14 heavy (non-hydrogen) atoms. The van der Waals surface area contributed by atoms with Gasteiger partial charge < -0.3 is 9.47 Å². The third-order valence-corrected chi connectivity index (χ3v) is 1.62. The minimum absolute atomic E-state index is 0.225. The molecule has 1 atom stereocenters. The first-order valence-electron chi connectivity index (χ1n) is 4.58. The highest BCUT2D eigenvalue weighted by Crippen LogP contribution is 2.02. The van der Waals surface area contributed by atoms with Crippen molar-refractivity contribution in [3.05, 3.63) is 0 Å². The number of rotatable bonds is 6. The third kappa shape index (κ3) is 7.86. The van der Waals surface area contributed by atoms with Crippen LogP contribution in [0.25, 0.3) is 0 Å². The molecule has 82 valence electrons. The van der Waals surface area contributed by atoms with Crippen molar-refractivity contribution in [3.8, 4) is 0 Å². The predicted molar refractivity (Wildman–Crippen MR) is 52.3 cm³/mol. The summed E-state index contributed by atoms with van der Waals surface area (Å²) in [6.45, 7) is 3.84. The van der Waals surface area contributed by atoms with Crippen LogP contribution in [0.4, 0.5) is 4.79 Å². The molecule has 0 aliphatic heterocycles. The monoisotopic (exact) mass is 222 g/mol. The predicted octanol–water partition coefficient (Wildman–Crippen LogP) is 2.48. The number of ether oxygens (including phenoxy) is 2. The van der Waals surface area contributed by atoms with Crippen LogP contribution in [-0.4, -0.2) is 24.1 Å². The SMILES string of the molecule is CCCC(=O)OCC[C@@H](C)OC(=O)Cl. The summed E-state index contributed by atoms with van der Waals surface area (Å²) in [6, 6.07) is 0. The summed E-state index contributed by atoms with van der Waals surface area (Å²) in [5.74, 6) is -0.225. The normalized spacial score (nSPS) is 11.9. The Morgan fingerprint density at radius 2 is 2.07 bits per heavy atom. The summed E-state index contributed by atoms with van der Waals surface area (Å²) in [7, 11) is 0. The molecular formula is C9H15ClO4. The average Bonchev–Trinajstić information content (AvgIpc) is 2.02. The topological polar surface area (TPSA) is 52.6 Å². The zero-order chi connectivity index (χ0) is 11.0. The first-order valence-corrected chi connectivity index (χ1v) is 4.95. The summed E-state index contributed by atoms with van der Waals surface area (Å²) in [6.07, 6.45) is 1.33. The van der Waals surface area contributed by atoms with E-state index in [0.29, 0.717) is 12.8 Å². The number of esters is 1. The molecule has 0 saturated heterocycles. The molecule has 0 fully saturated rings. The maximum absolute atomic E-state index is 10.9. The Hall–Kier alpha value is -0.770. The van der Waals surface area contributed by atoms with Gasteiger partial charge in [0.05, 0.1) is 6.61 Å². The molecule has 0 aromatic carbocycles. The van der Waals surface area contributed by atoms with Gasteiger partial charge in [-0.3, -0.25) is 4.79 Å². The van der Waals surface area contributed by atoms with Crippen LogP contribution in [0.15, 0.2) is 0 Å². The lowest BCUT2D eigenvalue weighted by Crippen LogP contribution is -2.14. The second kappa shape index (κ2) is 7.62. The van der Waals surface area contributed by atoms with Crippen molar-refractivity contribution in [1.82, 2.24) is 0 Å². The molecule has 0 bridgehead atoms. The Kier molecular flexibility index (Phi) is 7.20. The fraction of sp³-hybridized carbons (Fsp3) is 0.778. The van der Waals surface area contributed by atoms with Gasteiger partial charge in [-0.25, -0.2) is 4.79 Å². The summed E-state index contributed by atoms with van der Waals surface area (Å²) < 4.78 is 9.49. The largest absolute Gasteiger partial charge is 0.466 e. The second-order valence-corrected chi connectivity index (χ2v) is 3.23. The van der Waals surface area contributed by atoms with Gasteiger partial charge in [0.1, 0.15) is 6.10 Å². The Morgan fingerprint density at radius 1 is 1.43 bits per heavy atom. The minimum Gasteiger partial charge on any atom is -0.466 e. The van der Waals surface area contributed by atoms with Crippen molar-refractivity contribution < 1.29 is 19.1 Å². The van der Waals surface area contributed by atoms with E-state index in [1.54, 1.807) is 6.92 Å². The number of hydrogen-bond acceptors (Lipinski definition) is 4. The van der Waals surface area contributed by atoms with Crippen LogP contribution in [0.3, 0.4) is 0 Å². The molecule has 0 aromatic heterocycles. The number of carbonyl (C=O) groups is 2. The molecule has 0 aliphatic carbocycles. The van der Waals surface area contributed by atoms with E-state index in [2.05, 4.69) is 4.74 Å². The zero-order valence-corrected chi connectivity index (χ0v) is 9.17. The molecule has 5 heteroatoms. The van der Waals surface area contributed by atoms with Crippen LogP contribution in [0.5, 0.6) is 0 Å². The van der Waals surface area contributed by atoms with Crippen LogP contribution in [0.2, 0.25) is 0 Å². The Bertz CT molecular complexity index is 193. The van der Waals surface area contributed by atoms with Crippen LogP contribution < -0.4 is 0 Å². The first kappa shape index (κ1) is 13.2. The maximum atomic E-state index is 10.9. The van der Waals surface area contributed by atoms with Gasteiger partial charge in [0, 0.05) is 24.4 Å². The molecule has 0 radical (unpaired) electrons. The quantitative estimate of drug-likeness (QED) is 0.512. The van der Waals surface area contributed by atoms with Gasteiger partial charge in [0.15, 0.2) is 0 Å². The molecule has 0 N–H and O–H groups in total. The van der Waals surface area contributed by atoms with Crippen LogP contribution >= 0.6 is 11.6 Å². The average molecular weight is 223 g/mol. The lowest BCUT2D eigenvalue weighted by atomic mass is 10.3. The molecule has 0 aromatic rings. The number of halogens is 1. The van der Waals surface area contributed by atoms with Crippen molar-refractivity contribution in [2.45, 2.75) is 39.2 Å². The van der Waals surface area contributed by atoms with Crippen molar-refractivity contribution in [2.24, 2.45) is 0 Å². The van der Waals surface area contributed by atoms with Gasteiger partial charge in [-0.2, -0.15) is 0 Å². The van der Waals surface area contributed by atoms with Gasteiger partial charge in [0.2, 0.25) is 0 Å². The van der Waals surface area contributed by atoms with E-state index in [-0.39, 0.29) is 18.7 Å². The highest BCUT2D eigenvalue weighted by molar-refractivity contribution is 6.61.